The van der Waals surface area contributed by atoms with Crippen LogP contribution in [0, 0.1) is 6.92 Å². The molecule has 6 heavy (non-hydrogen) atoms. The van der Waals surface area contributed by atoms with Crippen molar-refractivity contribution in [3.63, 3.8) is 0 Å². The predicted octanol–water partition coefficient (Wildman–Crippen LogP) is 0.0559. The summed E-state index contributed by atoms with van der Waals surface area (Å²) < 4.78 is 0. The molecule has 33 valence electrons. The van der Waals surface area contributed by atoms with Crippen molar-refractivity contribution in [3.05, 3.63) is 6.92 Å². The Labute approximate surface area is 69.2 Å². The molecule has 2 heteroatoms. The van der Waals surface area contributed by atoms with Crippen LogP contribution in [0.1, 0.15) is 19.8 Å². The van der Waals surface area contributed by atoms with E-state index in [1.165, 1.54) is 6.42 Å². The molecular weight excluding hydrogens is 174 g/mol. The van der Waals surface area contributed by atoms with Gasteiger partial charge in [-0.2, -0.15) is 0 Å². The quantitative estimate of drug-likeness (QED) is 0.507. The van der Waals surface area contributed by atoms with E-state index in [0.717, 1.165) is 6.42 Å². The van der Waals surface area contributed by atoms with Gasteiger partial charge in [0.05, 0.1) is 0 Å². The summed E-state index contributed by atoms with van der Waals surface area (Å²) in [4.78, 5) is 0. The van der Waals surface area contributed by atoms with Crippen LogP contribution in [-0.2, 0) is 0 Å². The van der Waals surface area contributed by atoms with E-state index in [0.29, 0.717) is 0 Å². The van der Waals surface area contributed by atoms with Crippen molar-refractivity contribution < 1.29 is 0 Å². The zero-order valence-electron chi connectivity index (χ0n) is 3.83. The summed E-state index contributed by atoms with van der Waals surface area (Å²) in [6.45, 7) is 5.72. The predicted molar refractivity (Wildman–Crippen MR) is 36.0 cm³/mol. The number of hydrogen-bond donors (Lipinski definition) is 0. The summed E-state index contributed by atoms with van der Waals surface area (Å²) in [5.41, 5.74) is 0. The summed E-state index contributed by atoms with van der Waals surface area (Å²) in [5, 5.41) is 0. The van der Waals surface area contributed by atoms with Crippen LogP contribution < -0.4 is 0 Å². The fourth-order valence-corrected chi connectivity index (χ4v) is 0. The minimum atomic E-state index is 0. The first-order chi connectivity index (χ1) is 1.91. The van der Waals surface area contributed by atoms with Crippen LogP contribution >= 0.6 is 0 Å². The first-order valence-corrected chi connectivity index (χ1v) is 1.71. The van der Waals surface area contributed by atoms with E-state index in [1.54, 1.807) is 0 Å². The van der Waals surface area contributed by atoms with E-state index in [4.69, 9.17) is 0 Å². The molecule has 0 nitrogen and oxygen atoms in total. The molecule has 0 spiro atoms. The molecule has 0 aromatic carbocycles. The molecule has 0 fully saturated rings. The average Bonchev–Trinajstić information content (AvgIpc) is 1.37. The van der Waals surface area contributed by atoms with Crippen LogP contribution in [-0.4, -0.2) is 42.8 Å². The summed E-state index contributed by atoms with van der Waals surface area (Å²) >= 11 is 0. The Morgan fingerprint density at radius 3 is 1.67 bits per heavy atom. The fraction of sp³-hybridized carbons (Fsp3) is 0.750. The van der Waals surface area contributed by atoms with Gasteiger partial charge in [0, 0.05) is 0 Å². The van der Waals surface area contributed by atoms with E-state index < -0.39 is 0 Å². The normalized spacial score (nSPS) is 5.00. The van der Waals surface area contributed by atoms with Crippen molar-refractivity contribution in [1.82, 2.24) is 0 Å². The molecule has 0 aliphatic carbocycles. The van der Waals surface area contributed by atoms with Crippen LogP contribution in [0.4, 0.5) is 0 Å². The summed E-state index contributed by atoms with van der Waals surface area (Å²) in [6, 6.07) is 0. The monoisotopic (exact) mass is 187 g/mol. The van der Waals surface area contributed by atoms with Crippen LogP contribution in [0.25, 0.3) is 0 Å². The van der Waals surface area contributed by atoms with Gasteiger partial charge in [-0.05, 0) is 0 Å². The molecule has 0 amide bonds. The van der Waals surface area contributed by atoms with Gasteiger partial charge in [-0.3, -0.25) is 0 Å². The Morgan fingerprint density at radius 1 is 1.50 bits per heavy atom. The zero-order chi connectivity index (χ0) is 3.41. The summed E-state index contributed by atoms with van der Waals surface area (Å²) in [5.74, 6) is 0. The second-order valence-electron chi connectivity index (χ2n) is 0.854. The SMILES string of the molecule is [CH2]CCC.[LiH].[SnH2]. The van der Waals surface area contributed by atoms with Crippen molar-refractivity contribution >= 4 is 42.8 Å². The molecule has 0 aromatic heterocycles. The van der Waals surface area contributed by atoms with E-state index in [2.05, 4.69) is 13.8 Å². The third kappa shape index (κ3) is 18.2. The van der Waals surface area contributed by atoms with Crippen LogP contribution in [0.5, 0.6) is 0 Å². The minimum absolute atomic E-state index is 0. The van der Waals surface area contributed by atoms with E-state index in [9.17, 15) is 0 Å². The third-order valence-corrected chi connectivity index (χ3v) is 0.354. The van der Waals surface area contributed by atoms with Gasteiger partial charge < -0.3 is 0 Å². The van der Waals surface area contributed by atoms with E-state index in [1.807, 2.05) is 0 Å². The average molecular weight is 186 g/mol. The topological polar surface area (TPSA) is 0 Å². The molecule has 0 rings (SSSR count). The van der Waals surface area contributed by atoms with Crippen molar-refractivity contribution in [2.24, 2.45) is 0 Å². The molecule has 0 aromatic rings. The van der Waals surface area contributed by atoms with Crippen LogP contribution in [0.15, 0.2) is 0 Å². The zero-order valence-corrected chi connectivity index (χ0v) is 7.86. The van der Waals surface area contributed by atoms with Gasteiger partial charge in [0.15, 0.2) is 0 Å². The Morgan fingerprint density at radius 2 is 1.67 bits per heavy atom. The van der Waals surface area contributed by atoms with Crippen LogP contribution in [0.3, 0.4) is 0 Å². The second kappa shape index (κ2) is 16.1. The van der Waals surface area contributed by atoms with Gasteiger partial charge >= 0.3 is 42.8 Å². The van der Waals surface area contributed by atoms with E-state index in [-0.39, 0.29) is 42.8 Å². The van der Waals surface area contributed by atoms with Crippen molar-refractivity contribution in [2.75, 3.05) is 0 Å². The molecule has 0 N–H and O–H groups in total. The second-order valence-corrected chi connectivity index (χ2v) is 0.854. The molecule has 0 atom stereocenters. The standard InChI is InChI=1S/C4H9.Li.Sn.3H/c1-3-4-2;;;;;/h1,3-4H2,2H3;;;;;. The van der Waals surface area contributed by atoms with Crippen LogP contribution in [0.2, 0.25) is 0 Å². The third-order valence-electron chi connectivity index (χ3n) is 0.354. The molecule has 0 bridgehead atoms. The number of hydrogen-bond acceptors (Lipinski definition) is 0. The van der Waals surface area contributed by atoms with Crippen molar-refractivity contribution in [1.29, 1.82) is 0 Å². The van der Waals surface area contributed by atoms with Gasteiger partial charge in [0.2, 0.25) is 0 Å². The number of unbranched alkanes of at least 4 members (excludes halogenated alkanes) is 1. The Hall–Kier alpha value is 1.40. The van der Waals surface area contributed by atoms with E-state index >= 15 is 0 Å². The maximum atomic E-state index is 3.60. The van der Waals surface area contributed by atoms with Crippen molar-refractivity contribution in [3.8, 4) is 0 Å². The fourth-order valence-electron chi connectivity index (χ4n) is 0. The van der Waals surface area contributed by atoms with Gasteiger partial charge in [-0.1, -0.05) is 26.7 Å². The number of rotatable bonds is 1. The summed E-state index contributed by atoms with van der Waals surface area (Å²) in [6.07, 6.45) is 2.28. The molecule has 0 unspecified atom stereocenters. The molecule has 0 heterocycles. The Balaban J connectivity index is -0.0000000450. The molecule has 0 aliphatic rings. The molecular formula is C4H12LiSn. The Bertz CT molecular complexity index is 9.51. The first kappa shape index (κ1) is 15.7. The Kier molecular flexibility index (Phi) is 42.1. The van der Waals surface area contributed by atoms with Gasteiger partial charge in [-0.15, -0.1) is 0 Å². The van der Waals surface area contributed by atoms with Gasteiger partial charge in [0.25, 0.3) is 0 Å². The van der Waals surface area contributed by atoms with Gasteiger partial charge in [0.1, 0.15) is 0 Å². The molecule has 0 aliphatic heterocycles. The maximum absolute atomic E-state index is 3.60. The van der Waals surface area contributed by atoms with Gasteiger partial charge in [-0.25, -0.2) is 0 Å². The molecule has 0 saturated carbocycles. The summed E-state index contributed by atoms with van der Waals surface area (Å²) in [7, 11) is 0. The molecule has 3 radical (unpaired) electrons. The van der Waals surface area contributed by atoms with Crippen molar-refractivity contribution in [2.45, 2.75) is 19.8 Å². The first-order valence-electron chi connectivity index (χ1n) is 1.71. The molecule has 0 saturated heterocycles.